The highest BCUT2D eigenvalue weighted by Crippen LogP contribution is 2.21. The second-order valence-corrected chi connectivity index (χ2v) is 4.27. The van der Waals surface area contributed by atoms with Gasteiger partial charge < -0.3 is 9.64 Å². The van der Waals surface area contributed by atoms with Crippen LogP contribution < -0.4 is 0 Å². The summed E-state index contributed by atoms with van der Waals surface area (Å²) in [7, 11) is 3.64. The zero-order chi connectivity index (χ0) is 12.8. The summed E-state index contributed by atoms with van der Waals surface area (Å²) in [6, 6.07) is 0. The van der Waals surface area contributed by atoms with Gasteiger partial charge in [0.15, 0.2) is 0 Å². The van der Waals surface area contributed by atoms with Gasteiger partial charge in [0, 0.05) is 14.1 Å². The van der Waals surface area contributed by atoms with E-state index in [4.69, 9.17) is 0 Å². The van der Waals surface area contributed by atoms with Crippen LogP contribution in [0.3, 0.4) is 0 Å². The summed E-state index contributed by atoms with van der Waals surface area (Å²) in [5.41, 5.74) is 0. The summed E-state index contributed by atoms with van der Waals surface area (Å²) in [5, 5.41) is 0.423. The second-order valence-electron chi connectivity index (χ2n) is 3.26. The van der Waals surface area contributed by atoms with Gasteiger partial charge in [0.1, 0.15) is 4.88 Å². The maximum Gasteiger partial charge on any atom is 0.380 e. The van der Waals surface area contributed by atoms with Crippen LogP contribution in [-0.2, 0) is 9.53 Å². The quantitative estimate of drug-likeness (QED) is 0.259. The number of ketones is 1. The third-order valence-electron chi connectivity index (χ3n) is 1.58. The fraction of sp³-hybridized carbons (Fsp3) is 0.400. The molecule has 0 spiro atoms. The predicted octanol–water partition coefficient (Wildman–Crippen LogP) is 1.11. The van der Waals surface area contributed by atoms with Gasteiger partial charge in [-0.15, -0.1) is 0 Å². The lowest BCUT2D eigenvalue weighted by Gasteiger charge is -1.99. The number of thiazole rings is 1. The zero-order valence-corrected chi connectivity index (χ0v) is 10.7. The van der Waals surface area contributed by atoms with Gasteiger partial charge >= 0.3 is 5.97 Å². The molecule has 0 aromatic carbocycles. The SMILES string of the molecule is CCOC(=O)C(=O)c1cnc(/N=C/N(C)C)s1. The molecule has 0 unspecified atom stereocenters. The Bertz CT molecular complexity index is 440. The van der Waals surface area contributed by atoms with Gasteiger partial charge in [0.2, 0.25) is 5.13 Å². The van der Waals surface area contributed by atoms with Crippen molar-refractivity contribution in [1.29, 1.82) is 0 Å². The van der Waals surface area contributed by atoms with E-state index in [2.05, 4.69) is 14.7 Å². The largest absolute Gasteiger partial charge is 0.460 e. The number of hydrogen-bond acceptors (Lipinski definition) is 6. The van der Waals surface area contributed by atoms with E-state index >= 15 is 0 Å². The number of rotatable bonds is 5. The molecule has 0 atom stereocenters. The summed E-state index contributed by atoms with van der Waals surface area (Å²) in [5.74, 6) is -1.55. The van der Waals surface area contributed by atoms with Crippen molar-refractivity contribution in [3.63, 3.8) is 0 Å². The number of aromatic nitrogens is 1. The fourth-order valence-electron chi connectivity index (χ4n) is 0.892. The van der Waals surface area contributed by atoms with E-state index in [1.165, 1.54) is 6.20 Å². The van der Waals surface area contributed by atoms with Gasteiger partial charge in [-0.2, -0.15) is 0 Å². The summed E-state index contributed by atoms with van der Waals surface area (Å²) in [6.45, 7) is 1.82. The molecule has 6 nitrogen and oxygen atoms in total. The predicted molar refractivity (Wildman–Crippen MR) is 64.9 cm³/mol. The number of carbonyl (C=O) groups is 2. The highest BCUT2D eigenvalue weighted by Gasteiger charge is 2.20. The number of esters is 1. The minimum atomic E-state index is -0.862. The van der Waals surface area contributed by atoms with Crippen LogP contribution in [0.2, 0.25) is 0 Å². The van der Waals surface area contributed by atoms with Crippen LogP contribution >= 0.6 is 11.3 Å². The molecular formula is C10H13N3O3S. The lowest BCUT2D eigenvalue weighted by Crippen LogP contribution is -2.16. The molecule has 0 aliphatic heterocycles. The van der Waals surface area contributed by atoms with Crippen LogP contribution in [0.15, 0.2) is 11.2 Å². The van der Waals surface area contributed by atoms with E-state index in [1.807, 2.05) is 14.1 Å². The van der Waals surface area contributed by atoms with E-state index in [9.17, 15) is 9.59 Å². The highest BCUT2D eigenvalue weighted by molar-refractivity contribution is 7.17. The average Bonchev–Trinajstić information content (AvgIpc) is 2.74. The van der Waals surface area contributed by atoms with Gasteiger partial charge in [-0.25, -0.2) is 14.8 Å². The van der Waals surface area contributed by atoms with Crippen LogP contribution in [0.4, 0.5) is 5.13 Å². The van der Waals surface area contributed by atoms with Crippen LogP contribution in [0.1, 0.15) is 16.6 Å². The van der Waals surface area contributed by atoms with Crippen molar-refractivity contribution in [3.05, 3.63) is 11.1 Å². The number of Topliss-reactive ketones (excluding diaryl/α,β-unsaturated/α-hetero) is 1. The molecule has 0 fully saturated rings. The monoisotopic (exact) mass is 255 g/mol. The molecule has 0 amide bonds. The third kappa shape index (κ3) is 3.95. The molecule has 0 aliphatic rings. The Hall–Kier alpha value is -1.76. The van der Waals surface area contributed by atoms with E-state index in [1.54, 1.807) is 18.2 Å². The van der Waals surface area contributed by atoms with Crippen molar-refractivity contribution >= 4 is 34.6 Å². The summed E-state index contributed by atoms with van der Waals surface area (Å²) in [4.78, 5) is 32.6. The van der Waals surface area contributed by atoms with Crippen molar-refractivity contribution in [2.45, 2.75) is 6.92 Å². The first-order chi connectivity index (χ1) is 8.04. The van der Waals surface area contributed by atoms with Gasteiger partial charge in [0.05, 0.1) is 19.1 Å². The van der Waals surface area contributed by atoms with E-state index in [0.29, 0.717) is 5.13 Å². The highest BCUT2D eigenvalue weighted by atomic mass is 32.1. The standard InChI is InChI=1S/C10H13N3O3S/c1-4-16-9(15)8(14)7-5-11-10(17-7)12-6-13(2)3/h5-6H,4H2,1-3H3/b12-6+. The number of nitrogens with zero attached hydrogens (tertiary/aromatic N) is 3. The molecule has 0 saturated carbocycles. The van der Waals surface area contributed by atoms with Crippen LogP contribution in [-0.4, -0.2) is 48.7 Å². The molecule has 0 saturated heterocycles. The lowest BCUT2D eigenvalue weighted by molar-refractivity contribution is -0.137. The molecule has 92 valence electrons. The second kappa shape index (κ2) is 6.09. The van der Waals surface area contributed by atoms with Crippen LogP contribution in [0.25, 0.3) is 0 Å². The van der Waals surface area contributed by atoms with E-state index in [-0.39, 0.29) is 11.5 Å². The van der Waals surface area contributed by atoms with Gasteiger partial charge in [-0.1, -0.05) is 11.3 Å². The Labute approximate surface area is 103 Å². The van der Waals surface area contributed by atoms with E-state index < -0.39 is 11.8 Å². The Morgan fingerprint density at radius 2 is 2.29 bits per heavy atom. The Morgan fingerprint density at radius 1 is 1.59 bits per heavy atom. The fourth-order valence-corrected chi connectivity index (χ4v) is 1.58. The molecule has 0 bridgehead atoms. The molecule has 17 heavy (non-hydrogen) atoms. The van der Waals surface area contributed by atoms with Gasteiger partial charge in [-0.05, 0) is 6.92 Å². The Kier molecular flexibility index (Phi) is 4.77. The third-order valence-corrected chi connectivity index (χ3v) is 2.48. The molecule has 1 heterocycles. The zero-order valence-electron chi connectivity index (χ0n) is 9.84. The lowest BCUT2D eigenvalue weighted by atomic mass is 10.3. The molecule has 1 aromatic rings. The minimum Gasteiger partial charge on any atom is -0.460 e. The minimum absolute atomic E-state index is 0.176. The summed E-state index contributed by atoms with van der Waals surface area (Å²) >= 11 is 1.05. The smallest absolute Gasteiger partial charge is 0.380 e. The van der Waals surface area contributed by atoms with Crippen molar-refractivity contribution in [2.75, 3.05) is 20.7 Å². The molecular weight excluding hydrogens is 242 g/mol. The maximum atomic E-state index is 11.5. The molecule has 0 N–H and O–H groups in total. The molecule has 1 rings (SSSR count). The average molecular weight is 255 g/mol. The molecule has 1 aromatic heterocycles. The number of carbonyl (C=O) groups excluding carboxylic acids is 2. The normalized spacial score (nSPS) is 10.5. The van der Waals surface area contributed by atoms with Crippen LogP contribution in [0, 0.1) is 0 Å². The van der Waals surface area contributed by atoms with Crippen LogP contribution in [0.5, 0.6) is 0 Å². The van der Waals surface area contributed by atoms with Crippen molar-refractivity contribution in [3.8, 4) is 0 Å². The maximum absolute atomic E-state index is 11.5. The molecule has 7 heteroatoms. The molecule has 0 radical (unpaired) electrons. The van der Waals surface area contributed by atoms with E-state index in [0.717, 1.165) is 11.3 Å². The van der Waals surface area contributed by atoms with Gasteiger partial charge in [-0.3, -0.25) is 4.79 Å². The first-order valence-corrected chi connectivity index (χ1v) is 5.74. The first kappa shape index (κ1) is 13.3. The Morgan fingerprint density at radius 3 is 2.88 bits per heavy atom. The number of aliphatic imine (C=N–C) groups is 1. The van der Waals surface area contributed by atoms with Crippen molar-refractivity contribution in [2.24, 2.45) is 4.99 Å². The van der Waals surface area contributed by atoms with Gasteiger partial charge in [0.25, 0.3) is 5.78 Å². The summed E-state index contributed by atoms with van der Waals surface area (Å²) < 4.78 is 4.61. The van der Waals surface area contributed by atoms with Crippen molar-refractivity contribution < 1.29 is 14.3 Å². The molecule has 0 aliphatic carbocycles. The summed E-state index contributed by atoms with van der Waals surface area (Å²) in [6.07, 6.45) is 2.89. The number of hydrogen-bond donors (Lipinski definition) is 0. The van der Waals surface area contributed by atoms with Crippen molar-refractivity contribution in [1.82, 2.24) is 9.88 Å². The topological polar surface area (TPSA) is 71.9 Å². The number of ether oxygens (including phenoxy) is 1. The Balaban J connectivity index is 2.74. The first-order valence-electron chi connectivity index (χ1n) is 4.92.